The summed E-state index contributed by atoms with van der Waals surface area (Å²) in [5.41, 5.74) is 2.28. The standard InChI is InChI=1S/C19H19ClN6O/c1-13-18(23-24-26(13)16-6-4-5-14(20)11-16)19(27)22-15-7-8-17(21-12-15)25-9-2-3-10-25/h4-8,11-12H,2-3,9-10H2,1H3,(H,22,27). The summed E-state index contributed by atoms with van der Waals surface area (Å²) in [6.07, 6.45) is 4.06. The number of carbonyl (C=O) groups is 1. The molecular weight excluding hydrogens is 364 g/mol. The second-order valence-electron chi connectivity index (χ2n) is 6.47. The van der Waals surface area contributed by atoms with Crippen molar-refractivity contribution in [3.63, 3.8) is 0 Å². The van der Waals surface area contributed by atoms with Crippen LogP contribution in [0.4, 0.5) is 11.5 Å². The lowest BCUT2D eigenvalue weighted by Crippen LogP contribution is -2.19. The van der Waals surface area contributed by atoms with Crippen LogP contribution in [0.1, 0.15) is 29.0 Å². The maximum absolute atomic E-state index is 12.6. The molecular formula is C19H19ClN6O. The first-order chi connectivity index (χ1) is 13.1. The number of benzene rings is 1. The van der Waals surface area contributed by atoms with Crippen molar-refractivity contribution in [3.8, 4) is 5.69 Å². The Labute approximate surface area is 162 Å². The average molecular weight is 383 g/mol. The van der Waals surface area contributed by atoms with Gasteiger partial charge in [-0.2, -0.15) is 0 Å². The molecule has 0 unspecified atom stereocenters. The summed E-state index contributed by atoms with van der Waals surface area (Å²) in [7, 11) is 0. The summed E-state index contributed by atoms with van der Waals surface area (Å²) < 4.78 is 1.59. The van der Waals surface area contributed by atoms with E-state index < -0.39 is 0 Å². The van der Waals surface area contributed by atoms with Gasteiger partial charge in [-0.05, 0) is 50.1 Å². The predicted octanol–water partition coefficient (Wildman–Crippen LogP) is 3.48. The van der Waals surface area contributed by atoms with Crippen molar-refractivity contribution in [1.29, 1.82) is 0 Å². The largest absolute Gasteiger partial charge is 0.357 e. The van der Waals surface area contributed by atoms with E-state index in [0.717, 1.165) is 24.6 Å². The molecule has 0 bridgehead atoms. The topological polar surface area (TPSA) is 75.9 Å². The van der Waals surface area contributed by atoms with Crippen molar-refractivity contribution in [2.45, 2.75) is 19.8 Å². The zero-order valence-electron chi connectivity index (χ0n) is 14.9. The Morgan fingerprint density at radius 2 is 2.00 bits per heavy atom. The van der Waals surface area contributed by atoms with Crippen molar-refractivity contribution in [2.24, 2.45) is 0 Å². The fraction of sp³-hybridized carbons (Fsp3) is 0.263. The van der Waals surface area contributed by atoms with Crippen LogP contribution in [0.5, 0.6) is 0 Å². The van der Waals surface area contributed by atoms with Gasteiger partial charge in [-0.15, -0.1) is 5.10 Å². The molecule has 0 aliphatic carbocycles. The van der Waals surface area contributed by atoms with E-state index in [9.17, 15) is 4.79 Å². The van der Waals surface area contributed by atoms with Crippen LogP contribution < -0.4 is 10.2 Å². The van der Waals surface area contributed by atoms with E-state index in [1.807, 2.05) is 24.3 Å². The lowest BCUT2D eigenvalue weighted by Gasteiger charge is -2.16. The third-order valence-corrected chi connectivity index (χ3v) is 4.83. The first-order valence-electron chi connectivity index (χ1n) is 8.82. The Morgan fingerprint density at radius 1 is 1.19 bits per heavy atom. The first kappa shape index (κ1) is 17.5. The number of amides is 1. The molecule has 1 amide bonds. The number of hydrogen-bond acceptors (Lipinski definition) is 5. The van der Waals surface area contributed by atoms with Gasteiger partial charge in [-0.1, -0.05) is 22.9 Å². The lowest BCUT2D eigenvalue weighted by atomic mass is 10.2. The maximum atomic E-state index is 12.6. The van der Waals surface area contributed by atoms with Crippen molar-refractivity contribution in [1.82, 2.24) is 20.0 Å². The minimum absolute atomic E-state index is 0.263. The van der Waals surface area contributed by atoms with Gasteiger partial charge in [0.2, 0.25) is 0 Å². The van der Waals surface area contributed by atoms with Gasteiger partial charge in [-0.25, -0.2) is 9.67 Å². The Hall–Kier alpha value is -2.93. The summed E-state index contributed by atoms with van der Waals surface area (Å²) in [6.45, 7) is 3.86. The molecule has 0 spiro atoms. The molecule has 4 rings (SSSR count). The molecule has 0 atom stereocenters. The zero-order valence-corrected chi connectivity index (χ0v) is 15.6. The van der Waals surface area contributed by atoms with Gasteiger partial charge < -0.3 is 10.2 Å². The summed E-state index contributed by atoms with van der Waals surface area (Å²) in [6, 6.07) is 11.0. The monoisotopic (exact) mass is 382 g/mol. The fourth-order valence-corrected chi connectivity index (χ4v) is 3.36. The van der Waals surface area contributed by atoms with E-state index in [2.05, 4.69) is 25.5 Å². The maximum Gasteiger partial charge on any atom is 0.278 e. The molecule has 1 aliphatic rings. The normalized spacial score (nSPS) is 13.8. The number of nitrogens with zero attached hydrogens (tertiary/aromatic N) is 5. The molecule has 3 aromatic rings. The Kier molecular flexibility index (Phi) is 4.77. The number of aromatic nitrogens is 4. The van der Waals surface area contributed by atoms with Gasteiger partial charge in [-0.3, -0.25) is 4.79 Å². The second kappa shape index (κ2) is 7.36. The highest BCUT2D eigenvalue weighted by Gasteiger charge is 2.18. The summed E-state index contributed by atoms with van der Waals surface area (Å²) in [5.74, 6) is 0.616. The van der Waals surface area contributed by atoms with E-state index in [1.165, 1.54) is 12.8 Å². The van der Waals surface area contributed by atoms with Gasteiger partial charge in [0.25, 0.3) is 5.91 Å². The number of pyridine rings is 1. The second-order valence-corrected chi connectivity index (χ2v) is 6.90. The lowest BCUT2D eigenvalue weighted by molar-refractivity contribution is 0.102. The molecule has 3 heterocycles. The van der Waals surface area contributed by atoms with Crippen molar-refractivity contribution < 1.29 is 4.79 Å². The van der Waals surface area contributed by atoms with E-state index in [4.69, 9.17) is 11.6 Å². The number of rotatable bonds is 4. The Bertz CT molecular complexity index is 963. The summed E-state index contributed by atoms with van der Waals surface area (Å²) in [4.78, 5) is 19.3. The van der Waals surface area contributed by atoms with Gasteiger partial charge in [0, 0.05) is 18.1 Å². The molecule has 1 N–H and O–H groups in total. The molecule has 0 saturated carbocycles. The third kappa shape index (κ3) is 3.64. The molecule has 1 saturated heterocycles. The Morgan fingerprint density at radius 3 is 2.70 bits per heavy atom. The highest BCUT2D eigenvalue weighted by atomic mass is 35.5. The molecule has 27 heavy (non-hydrogen) atoms. The SMILES string of the molecule is Cc1c(C(=O)Nc2ccc(N3CCCC3)nc2)nnn1-c1cccc(Cl)c1. The van der Waals surface area contributed by atoms with E-state index in [1.54, 1.807) is 29.9 Å². The van der Waals surface area contributed by atoms with Crippen LogP contribution in [0.2, 0.25) is 5.02 Å². The third-order valence-electron chi connectivity index (χ3n) is 4.60. The van der Waals surface area contributed by atoms with Crippen LogP contribution in [0.3, 0.4) is 0 Å². The smallest absolute Gasteiger partial charge is 0.278 e. The van der Waals surface area contributed by atoms with Gasteiger partial charge in [0.15, 0.2) is 5.69 Å². The molecule has 138 valence electrons. The number of carbonyl (C=O) groups excluding carboxylic acids is 1. The van der Waals surface area contributed by atoms with Crippen molar-refractivity contribution in [2.75, 3.05) is 23.3 Å². The average Bonchev–Trinajstić information content (AvgIpc) is 3.32. The molecule has 7 nitrogen and oxygen atoms in total. The summed E-state index contributed by atoms with van der Waals surface area (Å²) >= 11 is 6.03. The van der Waals surface area contributed by atoms with Crippen LogP contribution in [-0.2, 0) is 0 Å². The van der Waals surface area contributed by atoms with Gasteiger partial charge >= 0.3 is 0 Å². The van der Waals surface area contributed by atoms with E-state index in [0.29, 0.717) is 16.4 Å². The van der Waals surface area contributed by atoms with E-state index >= 15 is 0 Å². The number of halogens is 1. The minimum Gasteiger partial charge on any atom is -0.357 e. The number of nitrogens with one attached hydrogen (secondary N) is 1. The van der Waals surface area contributed by atoms with Crippen LogP contribution >= 0.6 is 11.6 Å². The van der Waals surface area contributed by atoms with Gasteiger partial charge in [0.05, 0.1) is 23.3 Å². The van der Waals surface area contributed by atoms with Crippen LogP contribution in [-0.4, -0.2) is 39.0 Å². The zero-order chi connectivity index (χ0) is 18.8. The van der Waals surface area contributed by atoms with Crippen molar-refractivity contribution >= 4 is 29.0 Å². The van der Waals surface area contributed by atoms with E-state index in [-0.39, 0.29) is 11.6 Å². The van der Waals surface area contributed by atoms with Crippen molar-refractivity contribution in [3.05, 3.63) is 59.0 Å². The number of hydrogen-bond donors (Lipinski definition) is 1. The summed E-state index contributed by atoms with van der Waals surface area (Å²) in [5, 5.41) is 11.5. The van der Waals surface area contributed by atoms with Crippen LogP contribution in [0.15, 0.2) is 42.6 Å². The first-order valence-corrected chi connectivity index (χ1v) is 9.20. The van der Waals surface area contributed by atoms with Crippen LogP contribution in [0.25, 0.3) is 5.69 Å². The van der Waals surface area contributed by atoms with Crippen LogP contribution in [0, 0.1) is 6.92 Å². The molecule has 1 aromatic carbocycles. The quantitative estimate of drug-likeness (QED) is 0.747. The predicted molar refractivity (Wildman–Crippen MR) is 105 cm³/mol. The molecule has 1 fully saturated rings. The molecule has 0 radical (unpaired) electrons. The molecule has 1 aliphatic heterocycles. The van der Waals surface area contributed by atoms with Gasteiger partial charge in [0.1, 0.15) is 5.82 Å². The molecule has 2 aromatic heterocycles. The molecule has 8 heteroatoms. The fourth-order valence-electron chi connectivity index (χ4n) is 3.18. The number of anilines is 2. The highest BCUT2D eigenvalue weighted by Crippen LogP contribution is 2.20. The highest BCUT2D eigenvalue weighted by molar-refractivity contribution is 6.30. The Balaban J connectivity index is 1.50. The minimum atomic E-state index is -0.323.